The fourth-order valence-corrected chi connectivity index (χ4v) is 3.82. The normalized spacial score (nSPS) is 16.9. The number of nitrogens with zero attached hydrogens (tertiary/aromatic N) is 3. The van der Waals surface area contributed by atoms with Gasteiger partial charge in [0.15, 0.2) is 11.0 Å². The maximum Gasteiger partial charge on any atom is 0.250 e. The van der Waals surface area contributed by atoms with Gasteiger partial charge in [-0.2, -0.15) is 4.68 Å². The van der Waals surface area contributed by atoms with Crippen molar-refractivity contribution in [1.29, 1.82) is 0 Å². The molecule has 0 N–H and O–H groups in total. The number of thioether (sulfide) groups is 1. The Hall–Kier alpha value is -2.18. The molecule has 1 aliphatic rings. The third-order valence-corrected chi connectivity index (χ3v) is 5.22. The Bertz CT molecular complexity index is 909. The molecule has 1 aliphatic heterocycles. The van der Waals surface area contributed by atoms with Gasteiger partial charge < -0.3 is 0 Å². The van der Waals surface area contributed by atoms with Crippen molar-refractivity contribution in [2.45, 2.75) is 16.8 Å². The van der Waals surface area contributed by atoms with E-state index in [0.29, 0.717) is 22.4 Å². The molecule has 0 saturated carbocycles. The molecule has 2 aromatic carbocycles. The number of hydrogen-bond donors (Lipinski definition) is 0. The summed E-state index contributed by atoms with van der Waals surface area (Å²) in [7, 11) is 0. The summed E-state index contributed by atoms with van der Waals surface area (Å²) in [5.41, 5.74) is 1.70. The molecule has 24 heavy (non-hydrogen) atoms. The lowest BCUT2D eigenvalue weighted by molar-refractivity contribution is 0.0868. The van der Waals surface area contributed by atoms with Crippen LogP contribution in [0.4, 0.5) is 4.39 Å². The Labute approximate surface area is 146 Å². The molecule has 1 aromatic heterocycles. The third-order valence-electron chi connectivity index (χ3n) is 3.77. The van der Waals surface area contributed by atoms with Gasteiger partial charge in [-0.05, 0) is 42.0 Å². The van der Waals surface area contributed by atoms with E-state index in [-0.39, 0.29) is 17.0 Å². The van der Waals surface area contributed by atoms with Crippen LogP contribution in [-0.4, -0.2) is 20.7 Å². The van der Waals surface area contributed by atoms with E-state index >= 15 is 0 Å². The maximum absolute atomic E-state index is 13.1. The summed E-state index contributed by atoms with van der Waals surface area (Å²) in [6.45, 7) is 0. The molecule has 0 spiro atoms. The standard InChI is InChI=1S/C17H11ClFN3OS/c18-12-5-1-11(2-6-12)16-20-17-22(21-16)15(23)9-14(24-17)10-3-7-13(19)8-4-10/h1-8,14H,9H2/t14-/m1/s1. The smallest absolute Gasteiger partial charge is 0.250 e. The lowest BCUT2D eigenvalue weighted by atomic mass is 10.1. The monoisotopic (exact) mass is 359 g/mol. The fraction of sp³-hybridized carbons (Fsp3) is 0.118. The average Bonchev–Trinajstić information content (AvgIpc) is 3.01. The van der Waals surface area contributed by atoms with Gasteiger partial charge in [0.2, 0.25) is 0 Å². The van der Waals surface area contributed by atoms with Gasteiger partial charge in [-0.25, -0.2) is 9.37 Å². The quantitative estimate of drug-likeness (QED) is 0.670. The summed E-state index contributed by atoms with van der Waals surface area (Å²) in [5.74, 6) is 0.0761. The molecule has 1 atom stereocenters. The second-order valence-corrected chi connectivity index (χ2v) is 7.00. The van der Waals surface area contributed by atoms with E-state index in [0.717, 1.165) is 11.1 Å². The Morgan fingerprint density at radius 3 is 2.54 bits per heavy atom. The number of fused-ring (bicyclic) bond motifs is 1. The summed E-state index contributed by atoms with van der Waals surface area (Å²) in [4.78, 5) is 16.9. The first-order valence-electron chi connectivity index (χ1n) is 7.28. The molecular weight excluding hydrogens is 349 g/mol. The second-order valence-electron chi connectivity index (χ2n) is 5.39. The van der Waals surface area contributed by atoms with E-state index in [1.165, 1.54) is 28.6 Å². The number of halogens is 2. The van der Waals surface area contributed by atoms with Crippen molar-refractivity contribution in [3.63, 3.8) is 0 Å². The van der Waals surface area contributed by atoms with Gasteiger partial charge in [-0.3, -0.25) is 4.79 Å². The number of carbonyl (C=O) groups is 1. The molecule has 0 saturated heterocycles. The van der Waals surface area contributed by atoms with Crippen LogP contribution in [0.5, 0.6) is 0 Å². The van der Waals surface area contributed by atoms with Gasteiger partial charge in [-0.1, -0.05) is 35.5 Å². The average molecular weight is 360 g/mol. The maximum atomic E-state index is 13.1. The summed E-state index contributed by atoms with van der Waals surface area (Å²) in [5, 5.41) is 5.39. The minimum absolute atomic E-state index is 0.0899. The van der Waals surface area contributed by atoms with Gasteiger partial charge in [0.25, 0.3) is 5.91 Å². The Kier molecular flexibility index (Phi) is 3.86. The predicted octanol–water partition coefficient (Wildman–Crippen LogP) is 4.61. The van der Waals surface area contributed by atoms with E-state index in [4.69, 9.17) is 11.6 Å². The van der Waals surface area contributed by atoms with Crippen LogP contribution in [0.1, 0.15) is 22.0 Å². The lowest BCUT2D eigenvalue weighted by Gasteiger charge is -2.20. The van der Waals surface area contributed by atoms with E-state index in [9.17, 15) is 9.18 Å². The molecule has 2 heterocycles. The van der Waals surface area contributed by atoms with Crippen LogP contribution in [0.3, 0.4) is 0 Å². The molecule has 4 nitrogen and oxygen atoms in total. The van der Waals surface area contributed by atoms with Crippen LogP contribution in [0.15, 0.2) is 53.7 Å². The van der Waals surface area contributed by atoms with Crippen LogP contribution >= 0.6 is 23.4 Å². The summed E-state index contributed by atoms with van der Waals surface area (Å²) < 4.78 is 14.4. The lowest BCUT2D eigenvalue weighted by Crippen LogP contribution is -2.20. The van der Waals surface area contributed by atoms with Crippen LogP contribution in [0, 0.1) is 5.82 Å². The van der Waals surface area contributed by atoms with Crippen molar-refractivity contribution in [2.75, 3.05) is 0 Å². The third kappa shape index (κ3) is 2.83. The fourth-order valence-electron chi connectivity index (χ4n) is 2.54. The van der Waals surface area contributed by atoms with Crippen LogP contribution < -0.4 is 0 Å². The van der Waals surface area contributed by atoms with Gasteiger partial charge in [0, 0.05) is 22.3 Å². The largest absolute Gasteiger partial charge is 0.272 e. The summed E-state index contributed by atoms with van der Waals surface area (Å²) >= 11 is 7.35. The summed E-state index contributed by atoms with van der Waals surface area (Å²) in [6, 6.07) is 13.4. The van der Waals surface area contributed by atoms with E-state index in [1.54, 1.807) is 24.3 Å². The second kappa shape index (κ2) is 6.03. The van der Waals surface area contributed by atoms with Crippen LogP contribution in [0.25, 0.3) is 11.4 Å². The minimum atomic E-state index is -0.293. The van der Waals surface area contributed by atoms with Crippen molar-refractivity contribution >= 4 is 29.3 Å². The number of rotatable bonds is 2. The molecule has 3 aromatic rings. The topological polar surface area (TPSA) is 47.8 Å². The molecule has 0 fully saturated rings. The number of aromatic nitrogens is 3. The minimum Gasteiger partial charge on any atom is -0.272 e. The van der Waals surface area contributed by atoms with E-state index < -0.39 is 0 Å². The van der Waals surface area contributed by atoms with Gasteiger partial charge in [0.1, 0.15) is 5.82 Å². The van der Waals surface area contributed by atoms with Crippen LogP contribution in [-0.2, 0) is 0 Å². The summed E-state index contributed by atoms with van der Waals surface area (Å²) in [6.07, 6.45) is 0.298. The molecule has 120 valence electrons. The van der Waals surface area contributed by atoms with Crippen LogP contribution in [0.2, 0.25) is 5.02 Å². The Morgan fingerprint density at radius 2 is 1.83 bits per heavy atom. The first-order chi connectivity index (χ1) is 11.6. The first kappa shape index (κ1) is 15.4. The first-order valence-corrected chi connectivity index (χ1v) is 8.54. The van der Waals surface area contributed by atoms with Crippen molar-refractivity contribution in [1.82, 2.24) is 14.8 Å². The highest BCUT2D eigenvalue weighted by Gasteiger charge is 2.30. The van der Waals surface area contributed by atoms with Crippen molar-refractivity contribution in [2.24, 2.45) is 0 Å². The molecule has 7 heteroatoms. The molecular formula is C17H11ClFN3OS. The SMILES string of the molecule is O=C1C[C@H](c2ccc(F)cc2)Sc2nc(-c3ccc(Cl)cc3)nn21. The molecule has 0 unspecified atom stereocenters. The predicted molar refractivity (Wildman–Crippen MR) is 90.7 cm³/mol. The molecule has 4 rings (SSSR count). The Balaban J connectivity index is 1.66. The van der Waals surface area contributed by atoms with Crippen molar-refractivity contribution in [3.05, 3.63) is 64.9 Å². The highest BCUT2D eigenvalue weighted by atomic mass is 35.5. The number of hydrogen-bond acceptors (Lipinski definition) is 4. The molecule has 0 amide bonds. The number of carbonyl (C=O) groups excluding carboxylic acids is 1. The zero-order valence-electron chi connectivity index (χ0n) is 12.3. The zero-order chi connectivity index (χ0) is 16.7. The van der Waals surface area contributed by atoms with Gasteiger partial charge in [-0.15, -0.1) is 5.10 Å². The zero-order valence-corrected chi connectivity index (χ0v) is 13.9. The highest BCUT2D eigenvalue weighted by molar-refractivity contribution is 7.99. The van der Waals surface area contributed by atoms with Crippen molar-refractivity contribution < 1.29 is 9.18 Å². The van der Waals surface area contributed by atoms with Gasteiger partial charge >= 0.3 is 0 Å². The molecule has 0 bridgehead atoms. The van der Waals surface area contributed by atoms with E-state index in [2.05, 4.69) is 10.1 Å². The van der Waals surface area contributed by atoms with Gasteiger partial charge in [0.05, 0.1) is 0 Å². The van der Waals surface area contributed by atoms with Crippen molar-refractivity contribution in [3.8, 4) is 11.4 Å². The Morgan fingerprint density at radius 1 is 1.12 bits per heavy atom. The molecule has 0 aliphatic carbocycles. The van der Waals surface area contributed by atoms with E-state index in [1.807, 2.05) is 12.1 Å². The molecule has 0 radical (unpaired) electrons. The highest BCUT2D eigenvalue weighted by Crippen LogP contribution is 2.41. The number of benzene rings is 2.